The van der Waals surface area contributed by atoms with E-state index in [4.69, 9.17) is 0 Å². The summed E-state index contributed by atoms with van der Waals surface area (Å²) in [6, 6.07) is 1.90. The Balaban J connectivity index is 1.81. The Bertz CT molecular complexity index is 471. The second-order valence-corrected chi connectivity index (χ2v) is 5.41. The molecular formula is C15H25N5O. The Morgan fingerprint density at radius 2 is 2.00 bits per heavy atom. The fourth-order valence-electron chi connectivity index (χ4n) is 2.40. The molecular weight excluding hydrogens is 266 g/mol. The van der Waals surface area contributed by atoms with Crippen LogP contribution in [0, 0.1) is 6.92 Å². The highest BCUT2D eigenvalue weighted by Gasteiger charge is 2.17. The summed E-state index contributed by atoms with van der Waals surface area (Å²) < 4.78 is 0. The van der Waals surface area contributed by atoms with Crippen molar-refractivity contribution in [1.82, 2.24) is 14.9 Å². The van der Waals surface area contributed by atoms with Crippen LogP contribution in [0.5, 0.6) is 0 Å². The number of nitrogens with one attached hydrogen (secondary N) is 2. The second-order valence-electron chi connectivity index (χ2n) is 5.41. The van der Waals surface area contributed by atoms with Gasteiger partial charge in [0.25, 0.3) is 0 Å². The quantitative estimate of drug-likeness (QED) is 0.804. The van der Waals surface area contributed by atoms with E-state index in [0.717, 1.165) is 50.4 Å². The van der Waals surface area contributed by atoms with Crippen LogP contribution in [-0.2, 0) is 4.79 Å². The summed E-state index contributed by atoms with van der Waals surface area (Å²) in [5.41, 5.74) is 0.914. The molecule has 6 heteroatoms. The lowest BCUT2D eigenvalue weighted by Crippen LogP contribution is -2.29. The second kappa shape index (κ2) is 7.81. The fraction of sp³-hybridized carbons (Fsp3) is 0.667. The van der Waals surface area contributed by atoms with Gasteiger partial charge >= 0.3 is 0 Å². The lowest BCUT2D eigenvalue weighted by atomic mass is 10.3. The first-order valence-electron chi connectivity index (χ1n) is 7.80. The van der Waals surface area contributed by atoms with Crippen molar-refractivity contribution >= 4 is 17.7 Å². The Morgan fingerprint density at radius 1 is 1.24 bits per heavy atom. The van der Waals surface area contributed by atoms with Crippen molar-refractivity contribution in [1.29, 1.82) is 0 Å². The monoisotopic (exact) mass is 291 g/mol. The fourth-order valence-corrected chi connectivity index (χ4v) is 2.40. The minimum absolute atomic E-state index is 0.232. The summed E-state index contributed by atoms with van der Waals surface area (Å²) in [6.07, 6.45) is 3.82. The highest BCUT2D eigenvalue weighted by molar-refractivity contribution is 5.76. The maximum atomic E-state index is 12.0. The molecule has 0 bridgehead atoms. The van der Waals surface area contributed by atoms with Crippen LogP contribution in [0.15, 0.2) is 6.07 Å². The number of nitrogens with zero attached hydrogens (tertiary/aromatic N) is 3. The molecule has 0 saturated carbocycles. The Morgan fingerprint density at radius 3 is 2.71 bits per heavy atom. The molecule has 1 fully saturated rings. The number of amides is 1. The molecule has 0 unspecified atom stereocenters. The van der Waals surface area contributed by atoms with Gasteiger partial charge in [0.2, 0.25) is 11.9 Å². The van der Waals surface area contributed by atoms with E-state index in [1.165, 1.54) is 0 Å². The standard InChI is InChI=1S/C15H25N5O/c1-3-7-17-15-18-12(2)11-13(19-15)16-8-6-14(21)20-9-4-5-10-20/h11H,3-10H2,1-2H3,(H2,16,17,18,19). The van der Waals surface area contributed by atoms with Gasteiger partial charge in [-0.1, -0.05) is 6.92 Å². The van der Waals surface area contributed by atoms with Crippen molar-refractivity contribution in [2.24, 2.45) is 0 Å². The molecule has 0 aliphatic carbocycles. The third-order valence-electron chi connectivity index (χ3n) is 3.49. The molecule has 1 aromatic rings. The Hall–Kier alpha value is -1.85. The van der Waals surface area contributed by atoms with Crippen molar-refractivity contribution in [3.8, 4) is 0 Å². The number of carbonyl (C=O) groups excluding carboxylic acids is 1. The number of hydrogen-bond acceptors (Lipinski definition) is 5. The maximum absolute atomic E-state index is 12.0. The van der Waals surface area contributed by atoms with E-state index in [-0.39, 0.29) is 5.91 Å². The molecule has 1 aliphatic rings. The number of carbonyl (C=O) groups is 1. The molecule has 1 saturated heterocycles. The zero-order valence-electron chi connectivity index (χ0n) is 13.0. The normalized spacial score (nSPS) is 14.3. The minimum Gasteiger partial charge on any atom is -0.369 e. The number of hydrogen-bond donors (Lipinski definition) is 2. The van der Waals surface area contributed by atoms with E-state index in [1.807, 2.05) is 17.9 Å². The highest BCUT2D eigenvalue weighted by atomic mass is 16.2. The van der Waals surface area contributed by atoms with Gasteiger partial charge in [-0.25, -0.2) is 4.98 Å². The summed E-state index contributed by atoms with van der Waals surface area (Å²) in [7, 11) is 0. The lowest BCUT2D eigenvalue weighted by molar-refractivity contribution is -0.129. The van der Waals surface area contributed by atoms with Gasteiger partial charge in [0, 0.05) is 44.4 Å². The van der Waals surface area contributed by atoms with Crippen molar-refractivity contribution < 1.29 is 4.79 Å². The average Bonchev–Trinajstić information content (AvgIpc) is 2.99. The largest absolute Gasteiger partial charge is 0.369 e. The van der Waals surface area contributed by atoms with Gasteiger partial charge in [-0.2, -0.15) is 4.98 Å². The molecule has 0 spiro atoms. The van der Waals surface area contributed by atoms with Crippen LogP contribution in [0.2, 0.25) is 0 Å². The first-order chi connectivity index (χ1) is 10.2. The molecule has 2 N–H and O–H groups in total. The van der Waals surface area contributed by atoms with Crippen molar-refractivity contribution in [3.63, 3.8) is 0 Å². The van der Waals surface area contributed by atoms with Gasteiger partial charge in [-0.3, -0.25) is 4.79 Å². The van der Waals surface area contributed by atoms with E-state index in [0.29, 0.717) is 18.9 Å². The van der Waals surface area contributed by atoms with E-state index in [1.54, 1.807) is 0 Å². The molecule has 0 aromatic carbocycles. The summed E-state index contributed by atoms with van der Waals surface area (Å²) in [5, 5.41) is 6.40. The third kappa shape index (κ3) is 4.88. The zero-order chi connectivity index (χ0) is 15.1. The van der Waals surface area contributed by atoms with Gasteiger partial charge in [-0.05, 0) is 26.2 Å². The van der Waals surface area contributed by atoms with Crippen molar-refractivity contribution in [3.05, 3.63) is 11.8 Å². The van der Waals surface area contributed by atoms with Crippen LogP contribution in [0.4, 0.5) is 11.8 Å². The van der Waals surface area contributed by atoms with Crippen molar-refractivity contribution in [2.75, 3.05) is 36.8 Å². The minimum atomic E-state index is 0.232. The molecule has 0 radical (unpaired) electrons. The van der Waals surface area contributed by atoms with Gasteiger partial charge < -0.3 is 15.5 Å². The third-order valence-corrected chi connectivity index (χ3v) is 3.49. The summed E-state index contributed by atoms with van der Waals surface area (Å²) in [5.74, 6) is 1.65. The van der Waals surface area contributed by atoms with Gasteiger partial charge in [0.15, 0.2) is 0 Å². The van der Waals surface area contributed by atoms with Crippen LogP contribution >= 0.6 is 0 Å². The molecule has 2 heterocycles. The molecule has 116 valence electrons. The predicted octanol–water partition coefficient (Wildman–Crippen LogP) is 2.03. The molecule has 1 amide bonds. The number of likely N-dealkylation sites (tertiary alicyclic amines) is 1. The topological polar surface area (TPSA) is 70.2 Å². The predicted molar refractivity (Wildman–Crippen MR) is 84.5 cm³/mol. The number of rotatable bonds is 7. The van der Waals surface area contributed by atoms with E-state index in [9.17, 15) is 4.79 Å². The first kappa shape index (κ1) is 15.5. The lowest BCUT2D eigenvalue weighted by Gasteiger charge is -2.15. The molecule has 1 aliphatic heterocycles. The smallest absolute Gasteiger partial charge is 0.224 e. The van der Waals surface area contributed by atoms with Crippen LogP contribution in [-0.4, -0.2) is 47.0 Å². The van der Waals surface area contributed by atoms with Gasteiger partial charge in [0.1, 0.15) is 5.82 Å². The highest BCUT2D eigenvalue weighted by Crippen LogP contribution is 2.11. The van der Waals surface area contributed by atoms with Gasteiger partial charge in [0.05, 0.1) is 0 Å². The summed E-state index contributed by atoms with van der Waals surface area (Å²) in [6.45, 7) is 7.34. The Kier molecular flexibility index (Phi) is 5.78. The number of aromatic nitrogens is 2. The SMILES string of the molecule is CCCNc1nc(C)cc(NCCC(=O)N2CCCC2)n1. The first-order valence-corrected chi connectivity index (χ1v) is 7.80. The van der Waals surface area contributed by atoms with Crippen LogP contribution in [0.1, 0.15) is 38.3 Å². The van der Waals surface area contributed by atoms with Crippen LogP contribution in [0.25, 0.3) is 0 Å². The van der Waals surface area contributed by atoms with E-state index >= 15 is 0 Å². The number of aryl methyl sites for hydroxylation is 1. The summed E-state index contributed by atoms with van der Waals surface area (Å²) in [4.78, 5) is 22.6. The molecule has 6 nitrogen and oxygen atoms in total. The number of anilines is 2. The Labute approximate surface area is 126 Å². The summed E-state index contributed by atoms with van der Waals surface area (Å²) >= 11 is 0. The average molecular weight is 291 g/mol. The van der Waals surface area contributed by atoms with E-state index in [2.05, 4.69) is 27.5 Å². The van der Waals surface area contributed by atoms with Crippen LogP contribution in [0.3, 0.4) is 0 Å². The molecule has 21 heavy (non-hydrogen) atoms. The zero-order valence-corrected chi connectivity index (χ0v) is 13.0. The van der Waals surface area contributed by atoms with E-state index < -0.39 is 0 Å². The molecule has 1 aromatic heterocycles. The van der Waals surface area contributed by atoms with Gasteiger partial charge in [-0.15, -0.1) is 0 Å². The maximum Gasteiger partial charge on any atom is 0.224 e. The molecule has 0 atom stereocenters. The van der Waals surface area contributed by atoms with Crippen LogP contribution < -0.4 is 10.6 Å². The molecule has 2 rings (SSSR count). The van der Waals surface area contributed by atoms with Crippen molar-refractivity contribution in [2.45, 2.75) is 39.5 Å².